The largest absolute Gasteiger partial charge is 0.457 e. The zero-order valence-corrected chi connectivity index (χ0v) is 12.4. The van der Waals surface area contributed by atoms with Crippen LogP contribution < -0.4 is 0 Å². The standard InChI is InChI=1S/C16H19N2O3/c1-18(2,3)17-11-13-9-10-14(21-13)16(20)15(19)12-7-5-4-6-8-12/h4-11,16,20H,1-3H3/q+1/b17-11+. The van der Waals surface area contributed by atoms with Gasteiger partial charge < -0.3 is 9.52 Å². The summed E-state index contributed by atoms with van der Waals surface area (Å²) in [6.07, 6.45) is 0.266. The number of nitrogens with zero attached hydrogens (tertiary/aromatic N) is 2. The summed E-state index contributed by atoms with van der Waals surface area (Å²) in [6.45, 7) is 0. The molecule has 0 amide bonds. The normalized spacial score (nSPS) is 13.5. The van der Waals surface area contributed by atoms with Gasteiger partial charge >= 0.3 is 0 Å². The minimum atomic E-state index is -1.31. The summed E-state index contributed by atoms with van der Waals surface area (Å²) in [5.41, 5.74) is 0.447. The molecule has 1 aromatic carbocycles. The van der Waals surface area contributed by atoms with Gasteiger partial charge in [0.2, 0.25) is 0 Å². The minimum absolute atomic E-state index is 0.215. The van der Waals surface area contributed by atoms with Crippen molar-refractivity contribution >= 4 is 12.0 Å². The van der Waals surface area contributed by atoms with E-state index in [4.69, 9.17) is 4.42 Å². The number of furan rings is 1. The topological polar surface area (TPSA) is 62.8 Å². The molecule has 0 aliphatic carbocycles. The van der Waals surface area contributed by atoms with Gasteiger partial charge in [-0.25, -0.2) is 4.59 Å². The molecule has 21 heavy (non-hydrogen) atoms. The molecule has 1 aromatic heterocycles. The Bertz CT molecular complexity index is 639. The number of carbonyl (C=O) groups is 1. The molecule has 1 N–H and O–H groups in total. The van der Waals surface area contributed by atoms with Crippen molar-refractivity contribution in [1.82, 2.24) is 0 Å². The van der Waals surface area contributed by atoms with Crippen molar-refractivity contribution in [3.8, 4) is 0 Å². The van der Waals surface area contributed by atoms with Gasteiger partial charge in [-0.1, -0.05) is 35.4 Å². The summed E-state index contributed by atoms with van der Waals surface area (Å²) >= 11 is 0. The van der Waals surface area contributed by atoms with Gasteiger partial charge in [-0.05, 0) is 12.1 Å². The molecule has 0 saturated carbocycles. The summed E-state index contributed by atoms with van der Waals surface area (Å²) < 4.78 is 5.86. The Labute approximate surface area is 123 Å². The Hall–Kier alpha value is -2.24. The Kier molecular flexibility index (Phi) is 4.35. The number of carbonyl (C=O) groups excluding carboxylic acids is 1. The van der Waals surface area contributed by atoms with Gasteiger partial charge in [0.05, 0.1) is 21.1 Å². The van der Waals surface area contributed by atoms with E-state index in [0.717, 1.165) is 0 Å². The molecule has 5 nitrogen and oxygen atoms in total. The summed E-state index contributed by atoms with van der Waals surface area (Å²) in [6, 6.07) is 11.9. The van der Waals surface area contributed by atoms with E-state index in [9.17, 15) is 9.90 Å². The lowest BCUT2D eigenvalue weighted by Gasteiger charge is -2.13. The Morgan fingerprint density at radius 3 is 2.48 bits per heavy atom. The molecule has 0 bridgehead atoms. The highest BCUT2D eigenvalue weighted by molar-refractivity contribution is 5.99. The number of aliphatic hydroxyl groups is 1. The predicted octanol–water partition coefficient (Wildman–Crippen LogP) is 2.24. The van der Waals surface area contributed by atoms with Crippen molar-refractivity contribution in [1.29, 1.82) is 0 Å². The molecule has 2 rings (SSSR count). The number of hydrogen-bond acceptors (Lipinski definition) is 4. The van der Waals surface area contributed by atoms with Gasteiger partial charge in [-0.2, -0.15) is 0 Å². The van der Waals surface area contributed by atoms with E-state index in [1.807, 2.05) is 27.2 Å². The van der Waals surface area contributed by atoms with E-state index in [1.165, 1.54) is 0 Å². The van der Waals surface area contributed by atoms with Crippen LogP contribution in [0.15, 0.2) is 52.0 Å². The maximum atomic E-state index is 12.1. The first-order chi connectivity index (χ1) is 9.87. The fourth-order valence-corrected chi connectivity index (χ4v) is 1.70. The van der Waals surface area contributed by atoms with E-state index >= 15 is 0 Å². The third kappa shape index (κ3) is 4.11. The molecule has 0 spiro atoms. The highest BCUT2D eigenvalue weighted by Crippen LogP contribution is 2.20. The van der Waals surface area contributed by atoms with Gasteiger partial charge in [0.25, 0.3) is 0 Å². The van der Waals surface area contributed by atoms with Crippen LogP contribution in [0.25, 0.3) is 0 Å². The van der Waals surface area contributed by atoms with E-state index in [0.29, 0.717) is 15.9 Å². The van der Waals surface area contributed by atoms with Crippen LogP contribution in [0.1, 0.15) is 28.0 Å². The molecule has 110 valence electrons. The Balaban J connectivity index is 2.14. The SMILES string of the molecule is C[N+](C)(C)/N=C/c1ccc(C(O)C(=O)c2ccccc2)o1. The molecular weight excluding hydrogens is 268 g/mol. The number of Topliss-reactive ketones (excluding diaryl/α,β-unsaturated/α-hetero) is 1. The molecule has 1 heterocycles. The number of hydrogen-bond donors (Lipinski definition) is 1. The molecule has 0 fully saturated rings. The summed E-state index contributed by atoms with van der Waals surface area (Å²) in [5.74, 6) is 0.324. The maximum absolute atomic E-state index is 12.1. The van der Waals surface area contributed by atoms with Crippen molar-refractivity contribution in [3.63, 3.8) is 0 Å². The molecule has 0 aliphatic heterocycles. The van der Waals surface area contributed by atoms with Gasteiger partial charge in [0.1, 0.15) is 12.0 Å². The van der Waals surface area contributed by atoms with Gasteiger partial charge in [0, 0.05) is 5.56 Å². The Morgan fingerprint density at radius 2 is 1.86 bits per heavy atom. The van der Waals surface area contributed by atoms with E-state index in [-0.39, 0.29) is 11.5 Å². The van der Waals surface area contributed by atoms with Crippen LogP contribution in [0.5, 0.6) is 0 Å². The van der Waals surface area contributed by atoms with Crippen LogP contribution in [0, 0.1) is 0 Å². The quantitative estimate of drug-likeness (QED) is 0.397. The summed E-state index contributed by atoms with van der Waals surface area (Å²) in [5, 5.41) is 14.3. The second-order valence-corrected chi connectivity index (χ2v) is 5.56. The molecular formula is C16H19N2O3+. The molecule has 5 heteroatoms. The molecule has 0 saturated heterocycles. The van der Waals surface area contributed by atoms with Crippen LogP contribution in [0.3, 0.4) is 0 Å². The minimum Gasteiger partial charge on any atom is -0.457 e. The first-order valence-corrected chi connectivity index (χ1v) is 6.61. The lowest BCUT2D eigenvalue weighted by atomic mass is 10.1. The van der Waals surface area contributed by atoms with Crippen molar-refractivity contribution < 1.29 is 18.9 Å². The van der Waals surface area contributed by atoms with E-state index in [1.54, 1.807) is 42.6 Å². The second kappa shape index (κ2) is 6.03. The number of rotatable bonds is 5. The van der Waals surface area contributed by atoms with Crippen molar-refractivity contribution in [3.05, 3.63) is 59.5 Å². The van der Waals surface area contributed by atoms with Gasteiger partial charge in [0.15, 0.2) is 17.6 Å². The second-order valence-electron chi connectivity index (χ2n) is 5.56. The summed E-state index contributed by atoms with van der Waals surface area (Å²) in [4.78, 5) is 12.1. The van der Waals surface area contributed by atoms with Crippen molar-refractivity contribution in [2.75, 3.05) is 21.1 Å². The van der Waals surface area contributed by atoms with Crippen LogP contribution in [-0.2, 0) is 0 Å². The van der Waals surface area contributed by atoms with Crippen LogP contribution in [-0.4, -0.2) is 42.8 Å². The zero-order chi connectivity index (χ0) is 15.5. The molecule has 0 aliphatic rings. The molecule has 0 radical (unpaired) electrons. The van der Waals surface area contributed by atoms with E-state index < -0.39 is 6.10 Å². The lowest BCUT2D eigenvalue weighted by molar-refractivity contribution is -0.876. The first-order valence-electron chi connectivity index (χ1n) is 6.61. The maximum Gasteiger partial charge on any atom is 0.199 e. The first kappa shape index (κ1) is 15.2. The van der Waals surface area contributed by atoms with Gasteiger partial charge in [-0.15, -0.1) is 0 Å². The third-order valence-electron chi connectivity index (χ3n) is 2.76. The average Bonchev–Trinajstić information content (AvgIpc) is 2.93. The molecule has 1 unspecified atom stereocenters. The number of aliphatic hydroxyl groups excluding tert-OH is 1. The number of quaternary nitrogens is 1. The smallest absolute Gasteiger partial charge is 0.199 e. The Morgan fingerprint density at radius 1 is 1.19 bits per heavy atom. The lowest BCUT2D eigenvalue weighted by Crippen LogP contribution is -2.27. The molecule has 1 atom stereocenters. The van der Waals surface area contributed by atoms with Crippen molar-refractivity contribution in [2.24, 2.45) is 5.10 Å². The highest BCUT2D eigenvalue weighted by Gasteiger charge is 2.22. The molecule has 2 aromatic rings. The average molecular weight is 287 g/mol. The van der Waals surface area contributed by atoms with Crippen molar-refractivity contribution in [2.45, 2.75) is 6.10 Å². The zero-order valence-electron chi connectivity index (χ0n) is 12.4. The predicted molar refractivity (Wildman–Crippen MR) is 80.1 cm³/mol. The number of ketones is 1. The van der Waals surface area contributed by atoms with Crippen LogP contribution >= 0.6 is 0 Å². The van der Waals surface area contributed by atoms with Crippen LogP contribution in [0.2, 0.25) is 0 Å². The third-order valence-corrected chi connectivity index (χ3v) is 2.76. The summed E-state index contributed by atoms with van der Waals surface area (Å²) in [7, 11) is 5.73. The van der Waals surface area contributed by atoms with E-state index in [2.05, 4.69) is 5.10 Å². The number of benzene rings is 1. The van der Waals surface area contributed by atoms with Gasteiger partial charge in [-0.3, -0.25) is 4.79 Å². The highest BCUT2D eigenvalue weighted by atomic mass is 16.4. The fraction of sp³-hybridized carbons (Fsp3) is 0.250. The fourth-order valence-electron chi connectivity index (χ4n) is 1.70. The van der Waals surface area contributed by atoms with Crippen LogP contribution in [0.4, 0.5) is 0 Å². The monoisotopic (exact) mass is 287 g/mol.